The minimum atomic E-state index is 0.0597. The van der Waals surface area contributed by atoms with Crippen LogP contribution in [0, 0.1) is 0 Å². The third kappa shape index (κ3) is 1.32. The van der Waals surface area contributed by atoms with Crippen molar-refractivity contribution in [1.82, 2.24) is 4.98 Å². The van der Waals surface area contributed by atoms with Crippen molar-refractivity contribution in [3.05, 3.63) is 21.9 Å². The van der Waals surface area contributed by atoms with Crippen LogP contribution in [0.3, 0.4) is 0 Å². The molecular weight excluding hydrogens is 222 g/mol. The summed E-state index contributed by atoms with van der Waals surface area (Å²) < 4.78 is 5.97. The van der Waals surface area contributed by atoms with Gasteiger partial charge in [0, 0.05) is 17.7 Å². The molecule has 12 heavy (non-hydrogen) atoms. The van der Waals surface area contributed by atoms with Crippen LogP contribution in [0.15, 0.2) is 10.7 Å². The van der Waals surface area contributed by atoms with Crippen molar-refractivity contribution in [1.29, 1.82) is 0 Å². The Bertz CT molecular complexity index is 319. The SMILES string of the molecule is O=C1COCCc2[nH]c(Br)cc21. The normalized spacial score (nSPS) is 17.2. The quantitative estimate of drug-likeness (QED) is 0.734. The zero-order valence-corrected chi connectivity index (χ0v) is 7.98. The van der Waals surface area contributed by atoms with Gasteiger partial charge in [-0.2, -0.15) is 0 Å². The lowest BCUT2D eigenvalue weighted by molar-refractivity contribution is 0.0788. The lowest BCUT2D eigenvalue weighted by Crippen LogP contribution is -2.05. The number of hydrogen-bond acceptors (Lipinski definition) is 2. The molecule has 0 atom stereocenters. The fourth-order valence-corrected chi connectivity index (χ4v) is 1.79. The van der Waals surface area contributed by atoms with Crippen molar-refractivity contribution in [2.75, 3.05) is 13.2 Å². The molecule has 2 rings (SSSR count). The molecule has 1 aliphatic heterocycles. The van der Waals surface area contributed by atoms with E-state index in [9.17, 15) is 4.79 Å². The monoisotopic (exact) mass is 229 g/mol. The first kappa shape index (κ1) is 8.01. The van der Waals surface area contributed by atoms with E-state index in [4.69, 9.17) is 4.74 Å². The third-order valence-corrected chi connectivity index (χ3v) is 2.32. The minimum absolute atomic E-state index is 0.0597. The number of halogens is 1. The standard InChI is InChI=1S/C8H8BrNO2/c9-8-3-5-6(10-8)1-2-12-4-7(5)11/h3,10H,1-2,4H2. The fourth-order valence-electron chi connectivity index (χ4n) is 1.32. The molecule has 2 heterocycles. The molecule has 0 unspecified atom stereocenters. The summed E-state index contributed by atoms with van der Waals surface area (Å²) in [6.45, 7) is 0.822. The van der Waals surface area contributed by atoms with Gasteiger partial charge < -0.3 is 9.72 Å². The Morgan fingerprint density at radius 2 is 2.42 bits per heavy atom. The summed E-state index contributed by atoms with van der Waals surface area (Å²) in [5.41, 5.74) is 1.74. The maximum atomic E-state index is 11.4. The lowest BCUT2D eigenvalue weighted by Gasteiger charge is -1.93. The zero-order chi connectivity index (χ0) is 8.55. The van der Waals surface area contributed by atoms with Gasteiger partial charge in [-0.15, -0.1) is 0 Å². The third-order valence-electron chi connectivity index (χ3n) is 1.90. The smallest absolute Gasteiger partial charge is 0.190 e. The molecule has 1 N–H and O–H groups in total. The second-order valence-electron chi connectivity index (χ2n) is 2.74. The highest BCUT2D eigenvalue weighted by Gasteiger charge is 2.17. The first-order chi connectivity index (χ1) is 5.77. The number of hydrogen-bond donors (Lipinski definition) is 1. The summed E-state index contributed by atoms with van der Waals surface area (Å²) in [5, 5.41) is 0. The molecule has 0 amide bonds. The predicted molar refractivity (Wildman–Crippen MR) is 47.3 cm³/mol. The van der Waals surface area contributed by atoms with Crippen molar-refractivity contribution < 1.29 is 9.53 Å². The van der Waals surface area contributed by atoms with E-state index < -0.39 is 0 Å². The Morgan fingerprint density at radius 3 is 3.25 bits per heavy atom. The zero-order valence-electron chi connectivity index (χ0n) is 6.39. The maximum Gasteiger partial charge on any atom is 0.190 e. The number of rotatable bonds is 0. The number of carbonyl (C=O) groups is 1. The number of fused-ring (bicyclic) bond motifs is 1. The van der Waals surface area contributed by atoms with Crippen molar-refractivity contribution in [3.8, 4) is 0 Å². The van der Waals surface area contributed by atoms with E-state index in [1.807, 2.05) is 6.07 Å². The summed E-state index contributed by atoms with van der Waals surface area (Å²) in [7, 11) is 0. The lowest BCUT2D eigenvalue weighted by atomic mass is 10.1. The van der Waals surface area contributed by atoms with Crippen LogP contribution in [0.4, 0.5) is 0 Å². The number of ether oxygens (including phenoxy) is 1. The second kappa shape index (κ2) is 3.03. The molecule has 0 spiro atoms. The van der Waals surface area contributed by atoms with Gasteiger partial charge in [0.2, 0.25) is 0 Å². The highest BCUT2D eigenvalue weighted by Crippen LogP contribution is 2.19. The van der Waals surface area contributed by atoms with Crippen LogP contribution in [-0.4, -0.2) is 24.0 Å². The van der Waals surface area contributed by atoms with Gasteiger partial charge in [-0.05, 0) is 22.0 Å². The molecule has 0 aromatic carbocycles. The largest absolute Gasteiger partial charge is 0.373 e. The minimum Gasteiger partial charge on any atom is -0.373 e. The Hall–Kier alpha value is -0.610. The number of carbonyl (C=O) groups excluding carboxylic acids is 1. The van der Waals surface area contributed by atoms with E-state index in [1.165, 1.54) is 0 Å². The maximum absolute atomic E-state index is 11.4. The van der Waals surface area contributed by atoms with Crippen LogP contribution in [0.2, 0.25) is 0 Å². The van der Waals surface area contributed by atoms with Crippen molar-refractivity contribution in [3.63, 3.8) is 0 Å². The summed E-state index contributed by atoms with van der Waals surface area (Å²) in [5.74, 6) is 0.0597. The summed E-state index contributed by atoms with van der Waals surface area (Å²) >= 11 is 3.30. The van der Waals surface area contributed by atoms with Crippen LogP contribution < -0.4 is 0 Å². The average molecular weight is 230 g/mol. The molecule has 3 nitrogen and oxygen atoms in total. The molecule has 1 aliphatic rings. The topological polar surface area (TPSA) is 42.1 Å². The van der Waals surface area contributed by atoms with E-state index in [0.717, 1.165) is 22.3 Å². The molecule has 0 saturated carbocycles. The van der Waals surface area contributed by atoms with E-state index in [1.54, 1.807) is 0 Å². The highest BCUT2D eigenvalue weighted by atomic mass is 79.9. The first-order valence-corrected chi connectivity index (χ1v) is 4.55. The summed E-state index contributed by atoms with van der Waals surface area (Å²) in [4.78, 5) is 14.4. The van der Waals surface area contributed by atoms with Crippen LogP contribution >= 0.6 is 15.9 Å². The molecule has 0 radical (unpaired) electrons. The molecule has 1 aromatic rings. The van der Waals surface area contributed by atoms with Crippen molar-refractivity contribution in [2.45, 2.75) is 6.42 Å². The number of aromatic nitrogens is 1. The van der Waals surface area contributed by atoms with Gasteiger partial charge in [-0.1, -0.05) is 0 Å². The molecule has 0 bridgehead atoms. The van der Waals surface area contributed by atoms with E-state index in [-0.39, 0.29) is 12.4 Å². The first-order valence-electron chi connectivity index (χ1n) is 3.75. The van der Waals surface area contributed by atoms with Gasteiger partial charge in [0.25, 0.3) is 0 Å². The molecule has 1 aromatic heterocycles. The van der Waals surface area contributed by atoms with Crippen molar-refractivity contribution >= 4 is 21.7 Å². The summed E-state index contributed by atoms with van der Waals surface area (Å²) in [6.07, 6.45) is 0.784. The highest BCUT2D eigenvalue weighted by molar-refractivity contribution is 9.10. The van der Waals surface area contributed by atoms with Gasteiger partial charge in [-0.3, -0.25) is 4.79 Å². The Balaban J connectivity index is 2.44. The van der Waals surface area contributed by atoms with Gasteiger partial charge in [-0.25, -0.2) is 0 Å². The molecule has 0 fully saturated rings. The molecular formula is C8H8BrNO2. The van der Waals surface area contributed by atoms with Gasteiger partial charge >= 0.3 is 0 Å². The van der Waals surface area contributed by atoms with Gasteiger partial charge in [0.1, 0.15) is 6.61 Å². The van der Waals surface area contributed by atoms with Crippen LogP contribution in [0.25, 0.3) is 0 Å². The number of aromatic amines is 1. The second-order valence-corrected chi connectivity index (χ2v) is 3.59. The van der Waals surface area contributed by atoms with E-state index >= 15 is 0 Å². The molecule has 64 valence electrons. The number of Topliss-reactive ketones (excluding diaryl/α,β-unsaturated/α-hetero) is 1. The fraction of sp³-hybridized carbons (Fsp3) is 0.375. The van der Waals surface area contributed by atoms with Crippen LogP contribution in [0.1, 0.15) is 16.1 Å². The molecule has 0 saturated heterocycles. The van der Waals surface area contributed by atoms with Crippen molar-refractivity contribution in [2.24, 2.45) is 0 Å². The van der Waals surface area contributed by atoms with Crippen LogP contribution in [0.5, 0.6) is 0 Å². The number of nitrogens with one attached hydrogen (secondary N) is 1. The number of ketones is 1. The molecule has 0 aliphatic carbocycles. The van der Waals surface area contributed by atoms with Crippen LogP contribution in [-0.2, 0) is 11.2 Å². The van der Waals surface area contributed by atoms with E-state index in [2.05, 4.69) is 20.9 Å². The number of H-pyrrole nitrogens is 1. The Kier molecular flexibility index (Phi) is 2.02. The van der Waals surface area contributed by atoms with E-state index in [0.29, 0.717) is 6.61 Å². The summed E-state index contributed by atoms with van der Waals surface area (Å²) in [6, 6.07) is 1.81. The van der Waals surface area contributed by atoms with Gasteiger partial charge in [0.05, 0.1) is 11.2 Å². The molecule has 4 heteroatoms. The Morgan fingerprint density at radius 1 is 1.58 bits per heavy atom. The Labute approximate surface area is 78.2 Å². The predicted octanol–water partition coefficient (Wildman–Crippen LogP) is 1.53. The average Bonchev–Trinajstić information content (AvgIpc) is 2.33. The van der Waals surface area contributed by atoms with Gasteiger partial charge in [0.15, 0.2) is 5.78 Å².